The highest BCUT2D eigenvalue weighted by molar-refractivity contribution is 14.0. The summed E-state index contributed by atoms with van der Waals surface area (Å²) in [6.07, 6.45) is -0.890. The van der Waals surface area contributed by atoms with Crippen molar-refractivity contribution >= 4 is 29.9 Å². The summed E-state index contributed by atoms with van der Waals surface area (Å²) < 4.78 is 59.8. The van der Waals surface area contributed by atoms with Crippen LogP contribution in [0.4, 0.5) is 17.6 Å². The number of methoxy groups -OCH3 is 1. The van der Waals surface area contributed by atoms with Gasteiger partial charge in [-0.05, 0) is 25.0 Å². The number of ether oxygens (including phenoxy) is 2. The summed E-state index contributed by atoms with van der Waals surface area (Å²) in [6, 6.07) is 4.80. The second-order valence-electron chi connectivity index (χ2n) is 6.39. The van der Waals surface area contributed by atoms with Gasteiger partial charge < -0.3 is 20.1 Å². The van der Waals surface area contributed by atoms with Crippen molar-refractivity contribution in [3.63, 3.8) is 0 Å². The Kier molecular flexibility index (Phi) is 11.4. The van der Waals surface area contributed by atoms with Crippen molar-refractivity contribution in [3.8, 4) is 11.5 Å². The van der Waals surface area contributed by atoms with E-state index < -0.39 is 13.0 Å². The highest BCUT2D eigenvalue weighted by Gasteiger charge is 2.22. The van der Waals surface area contributed by atoms with Gasteiger partial charge in [0, 0.05) is 44.4 Å². The lowest BCUT2D eigenvalue weighted by molar-refractivity contribution is -0.0505. The molecule has 0 saturated carbocycles. The van der Waals surface area contributed by atoms with Crippen LogP contribution in [0.3, 0.4) is 0 Å². The molecule has 1 heterocycles. The minimum atomic E-state index is -2.94. The molecule has 1 aromatic rings. The molecule has 0 aromatic heterocycles. The number of alkyl halides is 4. The van der Waals surface area contributed by atoms with Gasteiger partial charge in [-0.1, -0.05) is 0 Å². The molecule has 2 N–H and O–H groups in total. The second-order valence-corrected chi connectivity index (χ2v) is 6.39. The molecule has 0 aliphatic carbocycles. The van der Waals surface area contributed by atoms with Gasteiger partial charge in [-0.25, -0.2) is 8.78 Å². The van der Waals surface area contributed by atoms with Gasteiger partial charge in [0.1, 0.15) is 11.5 Å². The second kappa shape index (κ2) is 12.9. The average molecular weight is 534 g/mol. The number of piperidine rings is 1. The van der Waals surface area contributed by atoms with Crippen molar-refractivity contribution in [2.45, 2.75) is 38.5 Å². The number of hydrogen-bond acceptors (Lipinski definition) is 4. The Morgan fingerprint density at radius 2 is 1.93 bits per heavy atom. The molecule has 2 rings (SSSR count). The minimum Gasteiger partial charge on any atom is -0.497 e. The number of halogens is 5. The van der Waals surface area contributed by atoms with Gasteiger partial charge >= 0.3 is 6.61 Å². The molecular weight excluding hydrogens is 507 g/mol. The van der Waals surface area contributed by atoms with Crippen molar-refractivity contribution in [1.29, 1.82) is 0 Å². The van der Waals surface area contributed by atoms with Gasteiger partial charge in [0.25, 0.3) is 6.43 Å². The molecule has 1 saturated heterocycles. The van der Waals surface area contributed by atoms with E-state index in [2.05, 4.69) is 20.4 Å². The van der Waals surface area contributed by atoms with Crippen LogP contribution in [0.25, 0.3) is 0 Å². The summed E-state index contributed by atoms with van der Waals surface area (Å²) in [7, 11) is 3.05. The Hall–Kier alpha value is -1.50. The summed E-state index contributed by atoms with van der Waals surface area (Å²) in [5, 5.41) is 6.31. The Balaban J connectivity index is 0.00000420. The smallest absolute Gasteiger partial charge is 0.387 e. The van der Waals surface area contributed by atoms with Crippen molar-refractivity contribution in [3.05, 3.63) is 23.8 Å². The summed E-state index contributed by atoms with van der Waals surface area (Å²) in [4.78, 5) is 5.88. The molecule has 1 aromatic carbocycles. The fourth-order valence-corrected chi connectivity index (χ4v) is 3.04. The zero-order valence-electron chi connectivity index (χ0n) is 16.3. The number of likely N-dealkylation sites (tertiary alicyclic amines) is 1. The highest BCUT2D eigenvalue weighted by Crippen LogP contribution is 2.26. The molecule has 166 valence electrons. The van der Waals surface area contributed by atoms with E-state index in [1.54, 1.807) is 24.1 Å². The first-order chi connectivity index (χ1) is 13.4. The van der Waals surface area contributed by atoms with Gasteiger partial charge in [0.2, 0.25) is 0 Å². The van der Waals surface area contributed by atoms with Gasteiger partial charge in [-0.2, -0.15) is 8.78 Å². The van der Waals surface area contributed by atoms with E-state index in [1.807, 2.05) is 0 Å². The third-order valence-electron chi connectivity index (χ3n) is 4.48. The van der Waals surface area contributed by atoms with Gasteiger partial charge in [0.15, 0.2) is 5.96 Å². The molecule has 6 nitrogen and oxygen atoms in total. The van der Waals surface area contributed by atoms with Crippen molar-refractivity contribution in [2.75, 3.05) is 33.8 Å². The van der Waals surface area contributed by atoms with Crippen molar-refractivity contribution in [2.24, 2.45) is 4.99 Å². The van der Waals surface area contributed by atoms with E-state index in [4.69, 9.17) is 4.74 Å². The molecular formula is C18H27F4IN4O2. The molecule has 11 heteroatoms. The molecule has 0 radical (unpaired) electrons. The summed E-state index contributed by atoms with van der Waals surface area (Å²) in [5.74, 6) is 0.946. The van der Waals surface area contributed by atoms with E-state index in [9.17, 15) is 17.6 Å². The maximum atomic E-state index is 12.7. The van der Waals surface area contributed by atoms with Crippen LogP contribution < -0.4 is 20.1 Å². The lowest BCUT2D eigenvalue weighted by Crippen LogP contribution is -2.49. The van der Waals surface area contributed by atoms with Crippen LogP contribution in [-0.2, 0) is 6.54 Å². The lowest BCUT2D eigenvalue weighted by Gasteiger charge is -2.32. The van der Waals surface area contributed by atoms with E-state index in [0.29, 0.717) is 30.4 Å². The molecule has 1 fully saturated rings. The number of guanidine groups is 1. The number of rotatable bonds is 8. The first-order valence-electron chi connectivity index (χ1n) is 9.00. The quantitative estimate of drug-likeness (QED) is 0.232. The Morgan fingerprint density at radius 1 is 1.24 bits per heavy atom. The van der Waals surface area contributed by atoms with Crippen molar-refractivity contribution < 1.29 is 27.0 Å². The number of benzene rings is 1. The van der Waals surface area contributed by atoms with Crippen LogP contribution in [-0.4, -0.2) is 63.7 Å². The monoisotopic (exact) mass is 534 g/mol. The SMILES string of the molecule is CN=C(NCc1ccc(OC)cc1OC(F)F)NC1CCN(CC(F)F)CC1.I. The van der Waals surface area contributed by atoms with E-state index in [-0.39, 0.29) is 48.9 Å². The number of nitrogens with one attached hydrogen (secondary N) is 2. The van der Waals surface area contributed by atoms with Gasteiger partial charge in [-0.3, -0.25) is 9.89 Å². The average Bonchev–Trinajstić information content (AvgIpc) is 2.66. The molecule has 0 bridgehead atoms. The van der Waals surface area contributed by atoms with Crippen LogP contribution in [0.15, 0.2) is 23.2 Å². The molecule has 1 aliphatic heterocycles. The predicted octanol–water partition coefficient (Wildman–Crippen LogP) is 3.31. The minimum absolute atomic E-state index is 0. The zero-order chi connectivity index (χ0) is 20.5. The standard InChI is InChI=1S/C18H26F4N4O2.HI/c1-23-18(25-13-5-7-26(8-6-13)11-16(19)20)24-10-12-3-4-14(27-2)9-15(12)28-17(21)22;/h3-4,9,13,16-17H,5-8,10-11H2,1-2H3,(H2,23,24,25);1H. The zero-order valence-corrected chi connectivity index (χ0v) is 18.7. The summed E-state index contributed by atoms with van der Waals surface area (Å²) in [6.45, 7) is -1.75. The van der Waals surface area contributed by atoms with Crippen LogP contribution in [0.2, 0.25) is 0 Å². The lowest BCUT2D eigenvalue weighted by atomic mass is 10.1. The van der Waals surface area contributed by atoms with E-state index in [0.717, 1.165) is 12.8 Å². The van der Waals surface area contributed by atoms with Gasteiger partial charge in [0.05, 0.1) is 13.7 Å². The van der Waals surface area contributed by atoms with E-state index in [1.165, 1.54) is 13.2 Å². The topological polar surface area (TPSA) is 58.1 Å². The number of nitrogens with zero attached hydrogens (tertiary/aromatic N) is 2. The van der Waals surface area contributed by atoms with Crippen LogP contribution in [0, 0.1) is 0 Å². The fraction of sp³-hybridized carbons (Fsp3) is 0.611. The van der Waals surface area contributed by atoms with Gasteiger partial charge in [-0.15, -0.1) is 24.0 Å². The Bertz CT molecular complexity index is 644. The third-order valence-corrected chi connectivity index (χ3v) is 4.48. The molecule has 0 amide bonds. The maximum absolute atomic E-state index is 12.7. The summed E-state index contributed by atoms with van der Waals surface area (Å²) >= 11 is 0. The predicted molar refractivity (Wildman–Crippen MR) is 114 cm³/mol. The fourth-order valence-electron chi connectivity index (χ4n) is 3.04. The van der Waals surface area contributed by atoms with Crippen LogP contribution in [0.1, 0.15) is 18.4 Å². The molecule has 29 heavy (non-hydrogen) atoms. The van der Waals surface area contributed by atoms with E-state index >= 15 is 0 Å². The Labute approximate surface area is 185 Å². The van der Waals surface area contributed by atoms with Crippen LogP contribution >= 0.6 is 24.0 Å². The first-order valence-corrected chi connectivity index (χ1v) is 9.00. The molecule has 0 atom stereocenters. The maximum Gasteiger partial charge on any atom is 0.387 e. The number of aliphatic imine (C=N–C) groups is 1. The Morgan fingerprint density at radius 3 is 2.48 bits per heavy atom. The highest BCUT2D eigenvalue weighted by atomic mass is 127. The molecule has 0 spiro atoms. The molecule has 1 aliphatic rings. The normalized spacial score (nSPS) is 15.9. The van der Waals surface area contributed by atoms with Crippen molar-refractivity contribution in [1.82, 2.24) is 15.5 Å². The molecule has 0 unspecified atom stereocenters. The first kappa shape index (κ1) is 25.5. The third kappa shape index (κ3) is 8.81. The largest absolute Gasteiger partial charge is 0.497 e. The summed E-state index contributed by atoms with van der Waals surface area (Å²) in [5.41, 5.74) is 0.524. The number of hydrogen-bond donors (Lipinski definition) is 2. The van der Waals surface area contributed by atoms with Crippen LogP contribution in [0.5, 0.6) is 11.5 Å².